The topological polar surface area (TPSA) is 75.6 Å². The van der Waals surface area contributed by atoms with Crippen LogP contribution >= 0.6 is 0 Å². The molecule has 3 rings (SSSR count). The number of hydrogen-bond donors (Lipinski definition) is 2. The monoisotopic (exact) mass is 343 g/mol. The first-order chi connectivity index (χ1) is 12.0. The maximum atomic E-state index is 13.3. The fourth-order valence-electron chi connectivity index (χ4n) is 3.08. The Kier molecular flexibility index (Phi) is 4.81. The van der Waals surface area contributed by atoms with Crippen LogP contribution in [-0.4, -0.2) is 30.2 Å². The molecule has 0 saturated carbocycles. The van der Waals surface area contributed by atoms with Crippen molar-refractivity contribution in [3.63, 3.8) is 0 Å². The lowest BCUT2D eigenvalue weighted by molar-refractivity contribution is -0.125. The minimum Gasteiger partial charge on any atom is -0.478 e. The molecule has 5 nitrogen and oxygen atoms in total. The zero-order valence-corrected chi connectivity index (χ0v) is 13.5. The molecule has 2 aromatic carbocycles. The quantitative estimate of drug-likeness (QED) is 0.894. The van der Waals surface area contributed by atoms with Gasteiger partial charge in [-0.3, -0.25) is 4.79 Å². The van der Waals surface area contributed by atoms with Gasteiger partial charge >= 0.3 is 5.97 Å². The highest BCUT2D eigenvalue weighted by molar-refractivity contribution is 5.99. The summed E-state index contributed by atoms with van der Waals surface area (Å²) in [5.74, 6) is -1.58. The lowest BCUT2D eigenvalue weighted by Gasteiger charge is -2.36. The Hall–Kier alpha value is -2.73. The highest BCUT2D eigenvalue weighted by atomic mass is 19.1. The molecule has 2 N–H and O–H groups in total. The fraction of sp³-hybridized carbons (Fsp3) is 0.263. The van der Waals surface area contributed by atoms with Gasteiger partial charge in [0.2, 0.25) is 5.91 Å². The molecule has 1 heterocycles. The van der Waals surface area contributed by atoms with Crippen molar-refractivity contribution >= 4 is 17.6 Å². The van der Waals surface area contributed by atoms with Crippen LogP contribution in [0.25, 0.3) is 0 Å². The SMILES string of the molecule is O=C(O)c1ccc(NC(=O)C2(c3ccc(F)cc3)CCOCC2)cc1. The van der Waals surface area contributed by atoms with E-state index in [9.17, 15) is 14.0 Å². The van der Waals surface area contributed by atoms with Crippen molar-refractivity contribution in [1.29, 1.82) is 0 Å². The minimum atomic E-state index is -1.02. The van der Waals surface area contributed by atoms with Crippen LogP contribution in [0.2, 0.25) is 0 Å². The number of anilines is 1. The second-order valence-corrected chi connectivity index (χ2v) is 6.04. The predicted octanol–water partition coefficient (Wildman–Crippen LogP) is 3.21. The van der Waals surface area contributed by atoms with Crippen LogP contribution in [0.5, 0.6) is 0 Å². The van der Waals surface area contributed by atoms with Crippen LogP contribution in [0, 0.1) is 5.82 Å². The van der Waals surface area contributed by atoms with Gasteiger partial charge in [0.15, 0.2) is 0 Å². The van der Waals surface area contributed by atoms with Crippen molar-refractivity contribution in [2.45, 2.75) is 18.3 Å². The van der Waals surface area contributed by atoms with Gasteiger partial charge in [-0.1, -0.05) is 12.1 Å². The zero-order chi connectivity index (χ0) is 17.9. The van der Waals surface area contributed by atoms with E-state index < -0.39 is 11.4 Å². The van der Waals surface area contributed by atoms with Crippen molar-refractivity contribution in [1.82, 2.24) is 0 Å². The third kappa shape index (κ3) is 3.53. The van der Waals surface area contributed by atoms with E-state index in [0.29, 0.717) is 31.7 Å². The Bertz CT molecular complexity index is 765. The molecule has 0 aliphatic carbocycles. The molecular formula is C19H18FNO4. The first-order valence-electron chi connectivity index (χ1n) is 8.00. The summed E-state index contributed by atoms with van der Waals surface area (Å²) in [6.45, 7) is 0.894. The highest BCUT2D eigenvalue weighted by Crippen LogP contribution is 2.36. The third-order valence-corrected chi connectivity index (χ3v) is 4.57. The number of hydrogen-bond acceptors (Lipinski definition) is 3. The molecule has 1 aliphatic rings. The maximum Gasteiger partial charge on any atom is 0.335 e. The maximum absolute atomic E-state index is 13.3. The Balaban J connectivity index is 1.87. The summed E-state index contributed by atoms with van der Waals surface area (Å²) in [6.07, 6.45) is 0.995. The summed E-state index contributed by atoms with van der Waals surface area (Å²) in [5, 5.41) is 11.8. The number of carboxylic acid groups (broad SMARTS) is 1. The number of amides is 1. The number of aromatic carboxylic acids is 1. The number of carbonyl (C=O) groups excluding carboxylic acids is 1. The van der Waals surface area contributed by atoms with Crippen LogP contribution in [0.1, 0.15) is 28.8 Å². The average Bonchev–Trinajstić information content (AvgIpc) is 2.63. The zero-order valence-electron chi connectivity index (χ0n) is 13.5. The highest BCUT2D eigenvalue weighted by Gasteiger charge is 2.41. The number of carboxylic acids is 1. The number of nitrogens with one attached hydrogen (secondary N) is 1. The number of benzene rings is 2. The molecule has 0 aromatic heterocycles. The van der Waals surface area contributed by atoms with E-state index in [1.165, 1.54) is 24.3 Å². The van der Waals surface area contributed by atoms with Gasteiger partial charge in [0.05, 0.1) is 11.0 Å². The van der Waals surface area contributed by atoms with Crippen LogP contribution in [-0.2, 0) is 14.9 Å². The van der Waals surface area contributed by atoms with Gasteiger partial charge in [-0.25, -0.2) is 9.18 Å². The molecule has 0 bridgehead atoms. The largest absolute Gasteiger partial charge is 0.478 e. The van der Waals surface area contributed by atoms with E-state index in [1.54, 1.807) is 24.3 Å². The molecule has 6 heteroatoms. The number of rotatable bonds is 4. The van der Waals surface area contributed by atoms with Crippen molar-refractivity contribution in [2.75, 3.05) is 18.5 Å². The average molecular weight is 343 g/mol. The smallest absolute Gasteiger partial charge is 0.335 e. The van der Waals surface area contributed by atoms with Gasteiger partial charge < -0.3 is 15.2 Å². The molecule has 25 heavy (non-hydrogen) atoms. The Morgan fingerprint density at radius 2 is 1.60 bits per heavy atom. The van der Waals surface area contributed by atoms with Crippen molar-refractivity contribution < 1.29 is 23.8 Å². The summed E-state index contributed by atoms with van der Waals surface area (Å²) in [4.78, 5) is 23.9. The van der Waals surface area contributed by atoms with Crippen molar-refractivity contribution in [2.24, 2.45) is 0 Å². The normalized spacial score (nSPS) is 16.2. The van der Waals surface area contributed by atoms with Crippen molar-refractivity contribution in [3.05, 3.63) is 65.5 Å². The molecule has 1 aliphatic heterocycles. The van der Waals surface area contributed by atoms with Gasteiger partial charge in [0.1, 0.15) is 5.82 Å². The summed E-state index contributed by atoms with van der Waals surface area (Å²) < 4.78 is 18.6. The summed E-state index contributed by atoms with van der Waals surface area (Å²) in [7, 11) is 0. The Morgan fingerprint density at radius 3 is 2.16 bits per heavy atom. The number of halogens is 1. The standard InChI is InChI=1S/C19H18FNO4/c20-15-5-3-14(4-6-15)19(9-11-25-12-10-19)18(24)21-16-7-1-13(2-8-16)17(22)23/h1-8H,9-12H2,(H,21,24)(H,22,23). The summed E-state index contributed by atoms with van der Waals surface area (Å²) in [6, 6.07) is 11.9. The van der Waals surface area contributed by atoms with Crippen molar-refractivity contribution in [3.8, 4) is 0 Å². The van der Waals surface area contributed by atoms with Gasteiger partial charge in [0, 0.05) is 18.9 Å². The molecule has 0 radical (unpaired) electrons. The van der Waals surface area contributed by atoms with E-state index in [4.69, 9.17) is 9.84 Å². The molecule has 130 valence electrons. The minimum absolute atomic E-state index is 0.150. The van der Waals surface area contributed by atoms with Crippen LogP contribution in [0.15, 0.2) is 48.5 Å². The number of carbonyl (C=O) groups is 2. The van der Waals surface area contributed by atoms with Gasteiger partial charge in [-0.2, -0.15) is 0 Å². The van der Waals surface area contributed by atoms with Crippen LogP contribution in [0.4, 0.5) is 10.1 Å². The molecule has 0 spiro atoms. The summed E-state index contributed by atoms with van der Waals surface area (Å²) in [5.41, 5.74) is 0.620. The summed E-state index contributed by atoms with van der Waals surface area (Å²) >= 11 is 0. The Morgan fingerprint density at radius 1 is 1.00 bits per heavy atom. The van der Waals surface area contributed by atoms with Gasteiger partial charge in [-0.05, 0) is 54.8 Å². The molecule has 2 aromatic rings. The molecule has 0 unspecified atom stereocenters. The number of ether oxygens (including phenoxy) is 1. The van der Waals surface area contributed by atoms with E-state index >= 15 is 0 Å². The fourth-order valence-corrected chi connectivity index (χ4v) is 3.08. The lowest BCUT2D eigenvalue weighted by Crippen LogP contribution is -2.44. The van der Waals surface area contributed by atoms with Gasteiger partial charge in [0.25, 0.3) is 0 Å². The van der Waals surface area contributed by atoms with E-state index in [-0.39, 0.29) is 17.3 Å². The third-order valence-electron chi connectivity index (χ3n) is 4.57. The predicted molar refractivity (Wildman–Crippen MR) is 90.2 cm³/mol. The second kappa shape index (κ2) is 7.03. The molecular weight excluding hydrogens is 325 g/mol. The van der Waals surface area contributed by atoms with Crippen LogP contribution in [0.3, 0.4) is 0 Å². The second-order valence-electron chi connectivity index (χ2n) is 6.04. The molecule has 1 fully saturated rings. The van der Waals surface area contributed by atoms with E-state index in [1.807, 2.05) is 0 Å². The Labute approximate surface area is 144 Å². The van der Waals surface area contributed by atoms with E-state index in [2.05, 4.69) is 5.32 Å². The van der Waals surface area contributed by atoms with Gasteiger partial charge in [-0.15, -0.1) is 0 Å². The van der Waals surface area contributed by atoms with E-state index in [0.717, 1.165) is 5.56 Å². The molecule has 1 amide bonds. The molecule has 0 atom stereocenters. The first-order valence-corrected chi connectivity index (χ1v) is 8.00. The first kappa shape index (κ1) is 17.1. The molecule has 1 saturated heterocycles. The van der Waals surface area contributed by atoms with Crippen LogP contribution < -0.4 is 5.32 Å². The lowest BCUT2D eigenvalue weighted by atomic mass is 9.73.